The molecule has 1 saturated heterocycles. The average Bonchev–Trinajstić information content (AvgIpc) is 3.01. The van der Waals surface area contributed by atoms with E-state index in [-0.39, 0.29) is 6.42 Å². The second kappa shape index (κ2) is 11.1. The van der Waals surface area contributed by atoms with Gasteiger partial charge in [0, 0.05) is 40.0 Å². The van der Waals surface area contributed by atoms with Crippen molar-refractivity contribution in [1.82, 2.24) is 0 Å². The molecule has 9 atom stereocenters. The predicted octanol–water partition coefficient (Wildman–Crippen LogP) is 2.33. The molecule has 1 N–H and O–H groups in total. The van der Waals surface area contributed by atoms with Gasteiger partial charge in [0.05, 0.1) is 11.3 Å². The summed E-state index contributed by atoms with van der Waals surface area (Å²) in [6.45, 7) is 13.9. The highest BCUT2D eigenvalue weighted by Crippen LogP contribution is 2.56. The summed E-state index contributed by atoms with van der Waals surface area (Å²) in [4.78, 5) is 62.1. The lowest BCUT2D eigenvalue weighted by atomic mass is 9.54. The van der Waals surface area contributed by atoms with Gasteiger partial charge in [-0.25, -0.2) is 0 Å². The molecule has 0 aromatic rings. The summed E-state index contributed by atoms with van der Waals surface area (Å²) in [5.41, 5.74) is -2.51. The summed E-state index contributed by atoms with van der Waals surface area (Å²) >= 11 is 0. The van der Waals surface area contributed by atoms with Crippen LogP contribution in [-0.4, -0.2) is 71.1 Å². The van der Waals surface area contributed by atoms with Crippen LogP contribution in [0.2, 0.25) is 0 Å². The standard InChI is InChI=1S/C28H38O11/c1-13-9-10-21(36-17(5)30)27(8)22(37-18(6)31)12-20(35-16(4)29)14(2)11-23-28(34,15(3)26(33)39-23)25(24(13)27)38-19(7)32/h11,15,20-25,34H,1,9-10,12H2,2-8H3/b14-11-/t15-,20?,21-,22-,23-,24+,25?,27+,28-/m0/s1. The second-order valence-corrected chi connectivity index (χ2v) is 11.0. The van der Waals surface area contributed by atoms with Crippen molar-refractivity contribution >= 4 is 29.8 Å². The van der Waals surface area contributed by atoms with Crippen molar-refractivity contribution in [2.24, 2.45) is 17.3 Å². The molecule has 11 nitrogen and oxygen atoms in total. The number of fused-ring (bicyclic) bond motifs is 2. The van der Waals surface area contributed by atoms with Crippen molar-refractivity contribution in [1.29, 1.82) is 0 Å². The Morgan fingerprint density at radius 2 is 1.51 bits per heavy atom. The maximum absolute atomic E-state index is 12.9. The van der Waals surface area contributed by atoms with Crippen LogP contribution in [0.25, 0.3) is 0 Å². The van der Waals surface area contributed by atoms with Crippen molar-refractivity contribution in [3.63, 3.8) is 0 Å². The van der Waals surface area contributed by atoms with Crippen LogP contribution in [0, 0.1) is 17.3 Å². The smallest absolute Gasteiger partial charge is 0.312 e. The van der Waals surface area contributed by atoms with Gasteiger partial charge in [0.1, 0.15) is 24.4 Å². The van der Waals surface area contributed by atoms with Gasteiger partial charge in [-0.1, -0.05) is 19.1 Å². The number of aliphatic hydroxyl groups is 1. The molecule has 1 heterocycles. The maximum atomic E-state index is 12.9. The van der Waals surface area contributed by atoms with E-state index >= 15 is 0 Å². The van der Waals surface area contributed by atoms with Crippen LogP contribution in [-0.2, 0) is 47.7 Å². The number of hydrogen-bond acceptors (Lipinski definition) is 11. The number of hydrogen-bond donors (Lipinski definition) is 1. The minimum atomic E-state index is -2.10. The Hall–Kier alpha value is -3.21. The van der Waals surface area contributed by atoms with Crippen molar-refractivity contribution < 1.29 is 52.8 Å². The number of carbonyl (C=O) groups is 5. The fourth-order valence-electron chi connectivity index (χ4n) is 6.40. The van der Waals surface area contributed by atoms with E-state index in [1.54, 1.807) is 13.8 Å². The van der Waals surface area contributed by atoms with Crippen LogP contribution >= 0.6 is 0 Å². The molecule has 0 aromatic carbocycles. The fourth-order valence-corrected chi connectivity index (χ4v) is 6.40. The van der Waals surface area contributed by atoms with Gasteiger partial charge in [-0.2, -0.15) is 0 Å². The van der Waals surface area contributed by atoms with Crippen molar-refractivity contribution in [3.05, 3.63) is 23.8 Å². The van der Waals surface area contributed by atoms with Gasteiger partial charge in [0.25, 0.3) is 0 Å². The Kier molecular flexibility index (Phi) is 8.64. The van der Waals surface area contributed by atoms with Crippen LogP contribution in [0.4, 0.5) is 0 Å². The molecule has 0 aromatic heterocycles. The number of esters is 5. The molecule has 3 aliphatic rings. The first-order valence-corrected chi connectivity index (χ1v) is 13.0. The van der Waals surface area contributed by atoms with E-state index in [0.717, 1.165) is 0 Å². The number of carbonyl (C=O) groups excluding carboxylic acids is 5. The predicted molar refractivity (Wildman–Crippen MR) is 135 cm³/mol. The summed E-state index contributed by atoms with van der Waals surface area (Å²) < 4.78 is 28.6. The monoisotopic (exact) mass is 550 g/mol. The van der Waals surface area contributed by atoms with Gasteiger partial charge in [0.15, 0.2) is 11.7 Å². The lowest BCUT2D eigenvalue weighted by Crippen LogP contribution is -2.66. The van der Waals surface area contributed by atoms with Crippen LogP contribution in [0.5, 0.6) is 0 Å². The minimum Gasteiger partial charge on any atom is -0.462 e. The van der Waals surface area contributed by atoms with E-state index in [4.69, 9.17) is 23.7 Å². The lowest BCUT2D eigenvalue weighted by molar-refractivity contribution is -0.221. The molecule has 11 heteroatoms. The summed E-state index contributed by atoms with van der Waals surface area (Å²) in [7, 11) is 0. The van der Waals surface area contributed by atoms with Gasteiger partial charge in [-0.05, 0) is 38.3 Å². The molecule has 2 fully saturated rings. The van der Waals surface area contributed by atoms with Crippen LogP contribution in [0.15, 0.2) is 23.8 Å². The molecule has 216 valence electrons. The Morgan fingerprint density at radius 1 is 0.974 bits per heavy atom. The zero-order valence-corrected chi connectivity index (χ0v) is 23.5. The molecule has 0 radical (unpaired) electrons. The zero-order valence-electron chi connectivity index (χ0n) is 23.5. The van der Waals surface area contributed by atoms with Gasteiger partial charge in [-0.15, -0.1) is 0 Å². The molecule has 3 rings (SSSR count). The van der Waals surface area contributed by atoms with E-state index in [1.165, 1.54) is 40.7 Å². The summed E-state index contributed by atoms with van der Waals surface area (Å²) in [6, 6.07) is 0. The Morgan fingerprint density at radius 3 is 2.05 bits per heavy atom. The summed E-state index contributed by atoms with van der Waals surface area (Å²) in [6.07, 6.45) is -3.56. The first-order valence-electron chi connectivity index (χ1n) is 13.0. The van der Waals surface area contributed by atoms with E-state index in [9.17, 15) is 29.1 Å². The molecule has 39 heavy (non-hydrogen) atoms. The third-order valence-electron chi connectivity index (χ3n) is 8.30. The second-order valence-electron chi connectivity index (χ2n) is 11.0. The van der Waals surface area contributed by atoms with Crippen molar-refractivity contribution in [3.8, 4) is 0 Å². The molecular weight excluding hydrogens is 512 g/mol. The molecular formula is C28H38O11. The highest BCUT2D eigenvalue weighted by atomic mass is 16.6. The van der Waals surface area contributed by atoms with E-state index in [1.807, 2.05) is 0 Å². The SMILES string of the molecule is C=C1CC[C@H](OC(C)=O)[C@]2(C)[C@@H](OC(C)=O)CC(OC(C)=O)/C(C)=C\[C@@H]3OC(=O)[C@H](C)[C@@]3(O)C(OC(C)=O)[C@@H]12. The largest absolute Gasteiger partial charge is 0.462 e. The van der Waals surface area contributed by atoms with Crippen LogP contribution in [0.1, 0.15) is 67.7 Å². The average molecular weight is 551 g/mol. The van der Waals surface area contributed by atoms with Crippen LogP contribution < -0.4 is 0 Å². The van der Waals surface area contributed by atoms with E-state index in [0.29, 0.717) is 24.0 Å². The third-order valence-corrected chi connectivity index (χ3v) is 8.30. The molecule has 0 spiro atoms. The van der Waals surface area contributed by atoms with E-state index < -0.39 is 83.2 Å². The molecule has 2 aliphatic carbocycles. The third kappa shape index (κ3) is 5.59. The summed E-state index contributed by atoms with van der Waals surface area (Å²) in [5.74, 6) is -5.42. The zero-order chi connectivity index (χ0) is 29.4. The Bertz CT molecular complexity index is 1090. The summed E-state index contributed by atoms with van der Waals surface area (Å²) in [5, 5.41) is 12.3. The molecule has 1 saturated carbocycles. The van der Waals surface area contributed by atoms with Gasteiger partial charge < -0.3 is 28.8 Å². The normalized spacial score (nSPS) is 39.6. The first-order chi connectivity index (χ1) is 18.0. The van der Waals surface area contributed by atoms with Crippen molar-refractivity contribution in [2.45, 2.75) is 104 Å². The molecule has 0 bridgehead atoms. The Labute approximate surface area is 227 Å². The first kappa shape index (κ1) is 30.3. The van der Waals surface area contributed by atoms with Gasteiger partial charge >= 0.3 is 29.8 Å². The number of ether oxygens (including phenoxy) is 5. The fraction of sp³-hybridized carbons (Fsp3) is 0.679. The molecule has 2 unspecified atom stereocenters. The van der Waals surface area contributed by atoms with Crippen molar-refractivity contribution in [2.75, 3.05) is 0 Å². The number of rotatable bonds is 4. The Balaban J connectivity index is 2.41. The quantitative estimate of drug-likeness (QED) is 0.312. The maximum Gasteiger partial charge on any atom is 0.312 e. The minimum absolute atomic E-state index is 0.0546. The molecule has 1 aliphatic heterocycles. The van der Waals surface area contributed by atoms with Crippen LogP contribution in [0.3, 0.4) is 0 Å². The molecule has 0 amide bonds. The highest BCUT2D eigenvalue weighted by Gasteiger charge is 2.67. The van der Waals surface area contributed by atoms with Gasteiger partial charge in [0.2, 0.25) is 0 Å². The lowest BCUT2D eigenvalue weighted by Gasteiger charge is -2.55. The highest BCUT2D eigenvalue weighted by molar-refractivity contribution is 5.78. The van der Waals surface area contributed by atoms with E-state index in [2.05, 4.69) is 6.58 Å². The topological polar surface area (TPSA) is 152 Å². The van der Waals surface area contributed by atoms with Gasteiger partial charge in [-0.3, -0.25) is 24.0 Å².